The highest BCUT2D eigenvalue weighted by molar-refractivity contribution is 5.57. The van der Waals surface area contributed by atoms with E-state index in [9.17, 15) is 0 Å². The molecule has 3 nitrogen and oxygen atoms in total. The predicted octanol–water partition coefficient (Wildman–Crippen LogP) is 2.42. The molecule has 0 radical (unpaired) electrons. The van der Waals surface area contributed by atoms with E-state index in [-0.39, 0.29) is 0 Å². The second-order valence-corrected chi connectivity index (χ2v) is 3.81. The van der Waals surface area contributed by atoms with E-state index >= 15 is 0 Å². The average molecular weight is 203 g/mol. The summed E-state index contributed by atoms with van der Waals surface area (Å²) >= 11 is 0. The van der Waals surface area contributed by atoms with Crippen molar-refractivity contribution in [2.24, 2.45) is 0 Å². The van der Waals surface area contributed by atoms with Gasteiger partial charge in [-0.3, -0.25) is 0 Å². The van der Waals surface area contributed by atoms with Crippen LogP contribution in [0.1, 0.15) is 30.2 Å². The van der Waals surface area contributed by atoms with Crippen molar-refractivity contribution >= 4 is 5.82 Å². The second-order valence-electron chi connectivity index (χ2n) is 3.81. The summed E-state index contributed by atoms with van der Waals surface area (Å²) in [5.74, 6) is 0.803. The van der Waals surface area contributed by atoms with Gasteiger partial charge in [0.25, 0.3) is 0 Å². The molecule has 1 heterocycles. The molecule has 1 aromatic heterocycles. The quantitative estimate of drug-likeness (QED) is 0.757. The Morgan fingerprint density at radius 1 is 1.47 bits per heavy atom. The van der Waals surface area contributed by atoms with Crippen LogP contribution < -0.4 is 4.90 Å². The molecule has 80 valence electrons. The Labute approximate surface area is 91.4 Å². The molecule has 3 heteroatoms. The number of pyridine rings is 1. The monoisotopic (exact) mass is 203 g/mol. The minimum absolute atomic E-state index is 0.691. The zero-order chi connectivity index (χ0) is 11.4. The third kappa shape index (κ3) is 2.47. The van der Waals surface area contributed by atoms with Crippen LogP contribution in [0.15, 0.2) is 6.07 Å². The molecule has 0 aromatic carbocycles. The molecule has 0 saturated heterocycles. The minimum atomic E-state index is 0.691. The molecule has 0 spiro atoms. The van der Waals surface area contributed by atoms with Gasteiger partial charge in [0.05, 0.1) is 5.56 Å². The minimum Gasteiger partial charge on any atom is -0.359 e. The summed E-state index contributed by atoms with van der Waals surface area (Å²) in [5.41, 5.74) is 2.66. The Bertz CT molecular complexity index is 391. The first kappa shape index (κ1) is 11.5. The van der Waals surface area contributed by atoms with Crippen molar-refractivity contribution in [2.45, 2.75) is 27.2 Å². The van der Waals surface area contributed by atoms with Gasteiger partial charge >= 0.3 is 0 Å². The van der Waals surface area contributed by atoms with Gasteiger partial charge in [-0.25, -0.2) is 4.98 Å². The van der Waals surface area contributed by atoms with Crippen molar-refractivity contribution in [2.75, 3.05) is 18.5 Å². The van der Waals surface area contributed by atoms with E-state index in [4.69, 9.17) is 5.26 Å². The zero-order valence-electron chi connectivity index (χ0n) is 9.83. The fourth-order valence-electron chi connectivity index (χ4n) is 1.67. The summed E-state index contributed by atoms with van der Waals surface area (Å²) in [6, 6.07) is 4.17. The molecule has 1 rings (SSSR count). The Balaban J connectivity index is 3.21. The topological polar surface area (TPSA) is 39.9 Å². The molecule has 0 aliphatic rings. The SMILES string of the molecule is CCCN(C)c1nc(C)cc(C)c1C#N. The van der Waals surface area contributed by atoms with Gasteiger partial charge in [0, 0.05) is 19.3 Å². The van der Waals surface area contributed by atoms with Gasteiger partial charge in [-0.2, -0.15) is 5.26 Å². The van der Waals surface area contributed by atoms with Crippen LogP contribution in [0, 0.1) is 25.2 Å². The molecule has 0 saturated carbocycles. The molecule has 0 bridgehead atoms. The molecule has 0 atom stereocenters. The van der Waals surface area contributed by atoms with Crippen molar-refractivity contribution in [3.05, 3.63) is 22.9 Å². The lowest BCUT2D eigenvalue weighted by Gasteiger charge is -2.19. The van der Waals surface area contributed by atoms with E-state index in [1.807, 2.05) is 31.9 Å². The highest BCUT2D eigenvalue weighted by atomic mass is 15.2. The van der Waals surface area contributed by atoms with Gasteiger partial charge in [-0.05, 0) is 31.9 Å². The van der Waals surface area contributed by atoms with Gasteiger partial charge < -0.3 is 4.90 Å². The van der Waals surface area contributed by atoms with Crippen molar-refractivity contribution in [3.63, 3.8) is 0 Å². The van der Waals surface area contributed by atoms with E-state index in [0.717, 1.165) is 30.0 Å². The number of nitrogens with zero attached hydrogens (tertiary/aromatic N) is 3. The summed E-state index contributed by atoms with van der Waals surface area (Å²) in [6.07, 6.45) is 1.05. The van der Waals surface area contributed by atoms with Crippen LogP contribution in [-0.2, 0) is 0 Å². The molecule has 15 heavy (non-hydrogen) atoms. The first-order chi connectivity index (χ1) is 7.10. The first-order valence-corrected chi connectivity index (χ1v) is 5.19. The average Bonchev–Trinajstić information content (AvgIpc) is 2.17. The standard InChI is InChI=1S/C12H17N3/c1-5-6-15(4)12-11(8-13)9(2)7-10(3)14-12/h7H,5-6H2,1-4H3. The fourth-order valence-corrected chi connectivity index (χ4v) is 1.67. The van der Waals surface area contributed by atoms with Crippen LogP contribution in [0.4, 0.5) is 5.82 Å². The van der Waals surface area contributed by atoms with E-state index in [2.05, 4.69) is 18.0 Å². The van der Waals surface area contributed by atoms with Crippen molar-refractivity contribution < 1.29 is 0 Å². The number of anilines is 1. The molecule has 0 aliphatic carbocycles. The number of aromatic nitrogens is 1. The number of aryl methyl sites for hydroxylation is 2. The Morgan fingerprint density at radius 3 is 2.67 bits per heavy atom. The van der Waals surface area contributed by atoms with E-state index in [1.165, 1.54) is 0 Å². The normalized spacial score (nSPS) is 9.80. The number of hydrogen-bond acceptors (Lipinski definition) is 3. The van der Waals surface area contributed by atoms with Gasteiger partial charge in [0.2, 0.25) is 0 Å². The highest BCUT2D eigenvalue weighted by Gasteiger charge is 2.11. The van der Waals surface area contributed by atoms with Crippen LogP contribution in [0.2, 0.25) is 0 Å². The number of rotatable bonds is 3. The summed E-state index contributed by atoms with van der Waals surface area (Å²) in [5, 5.41) is 9.09. The number of nitriles is 1. The Hall–Kier alpha value is -1.56. The first-order valence-electron chi connectivity index (χ1n) is 5.19. The van der Waals surface area contributed by atoms with Crippen molar-refractivity contribution in [3.8, 4) is 6.07 Å². The van der Waals surface area contributed by atoms with Gasteiger partial charge in [0.1, 0.15) is 11.9 Å². The van der Waals surface area contributed by atoms with Gasteiger partial charge in [0.15, 0.2) is 0 Å². The summed E-state index contributed by atoms with van der Waals surface area (Å²) in [7, 11) is 1.98. The molecule has 0 aliphatic heterocycles. The van der Waals surface area contributed by atoms with Crippen LogP contribution in [-0.4, -0.2) is 18.6 Å². The summed E-state index contributed by atoms with van der Waals surface area (Å²) in [4.78, 5) is 6.47. The number of hydrogen-bond donors (Lipinski definition) is 0. The van der Waals surface area contributed by atoms with Crippen LogP contribution >= 0.6 is 0 Å². The van der Waals surface area contributed by atoms with Crippen LogP contribution in [0.3, 0.4) is 0 Å². The van der Waals surface area contributed by atoms with Crippen LogP contribution in [0.25, 0.3) is 0 Å². The van der Waals surface area contributed by atoms with Crippen LogP contribution in [0.5, 0.6) is 0 Å². The van der Waals surface area contributed by atoms with Crippen molar-refractivity contribution in [1.29, 1.82) is 5.26 Å². The van der Waals surface area contributed by atoms with Crippen molar-refractivity contribution in [1.82, 2.24) is 4.98 Å². The molecular weight excluding hydrogens is 186 g/mol. The maximum Gasteiger partial charge on any atom is 0.146 e. The lowest BCUT2D eigenvalue weighted by Crippen LogP contribution is -2.21. The lowest BCUT2D eigenvalue weighted by atomic mass is 10.1. The Kier molecular flexibility index (Phi) is 3.68. The van der Waals surface area contributed by atoms with Gasteiger partial charge in [-0.15, -0.1) is 0 Å². The molecule has 0 fully saturated rings. The molecule has 0 amide bonds. The molecule has 0 N–H and O–H groups in total. The van der Waals surface area contributed by atoms with E-state index in [0.29, 0.717) is 5.56 Å². The molecule has 1 aromatic rings. The third-order valence-electron chi connectivity index (χ3n) is 2.36. The smallest absolute Gasteiger partial charge is 0.146 e. The summed E-state index contributed by atoms with van der Waals surface area (Å²) in [6.45, 7) is 6.95. The van der Waals surface area contributed by atoms with E-state index in [1.54, 1.807) is 0 Å². The maximum atomic E-state index is 9.09. The second kappa shape index (κ2) is 4.79. The largest absolute Gasteiger partial charge is 0.359 e. The highest BCUT2D eigenvalue weighted by Crippen LogP contribution is 2.20. The zero-order valence-corrected chi connectivity index (χ0v) is 9.83. The fraction of sp³-hybridized carbons (Fsp3) is 0.500. The molecular formula is C12H17N3. The third-order valence-corrected chi connectivity index (χ3v) is 2.36. The van der Waals surface area contributed by atoms with E-state index < -0.39 is 0 Å². The maximum absolute atomic E-state index is 9.09. The lowest BCUT2D eigenvalue weighted by molar-refractivity contribution is 0.832. The predicted molar refractivity (Wildman–Crippen MR) is 62.0 cm³/mol. The molecule has 0 unspecified atom stereocenters. The Morgan fingerprint density at radius 2 is 2.13 bits per heavy atom. The summed E-state index contributed by atoms with van der Waals surface area (Å²) < 4.78 is 0. The van der Waals surface area contributed by atoms with Gasteiger partial charge in [-0.1, -0.05) is 6.92 Å².